The minimum absolute atomic E-state index is 0.320. The predicted octanol–water partition coefficient (Wildman–Crippen LogP) is -1.34. The predicted molar refractivity (Wildman–Crippen MR) is 363 cm³/mol. The van der Waals surface area contributed by atoms with Gasteiger partial charge < -0.3 is 117 Å². The van der Waals surface area contributed by atoms with Crippen molar-refractivity contribution in [3.8, 4) is 0 Å². The van der Waals surface area contributed by atoms with E-state index in [1.807, 2.05) is 0 Å². The number of hydrogen-bond donors (Lipinski definition) is 11. The molecule has 50 nitrogen and oxygen atoms in total. The fourth-order valence-electron chi connectivity index (χ4n) is 10.0. The van der Waals surface area contributed by atoms with Gasteiger partial charge >= 0.3 is 75.8 Å². The van der Waals surface area contributed by atoms with E-state index in [0.29, 0.717) is 23.3 Å². The monoisotopic (exact) mass is 1720 g/mol. The van der Waals surface area contributed by atoms with E-state index in [2.05, 4.69) is 46.0 Å². The SMILES string of the molecule is CO[C@H]1C(O)[C@@H](CO)O[C@H]1n1ccc(N(C)C)nc1=O.CO[C@H]1C(O)[C@@H](COP(=O)(Cl)Cl)O[C@H]1n1ccc(N(C)C)nc1=O.CO[C@H]1C(O)[C@@H](COP(=O)(O)OP(=O)(O)OP(=O)(O)O)O[C@H]1n1ccc(N(C)C)nc1=O.CO[C@H]1C(O)[C@@H](COP2(=O)OP(=O)(O)OP(=O)(O)O2)O[C@H]1n1ccc(N(C)C)nc1=O. The molecule has 0 bridgehead atoms. The molecule has 20 atom stereocenters. The number of rotatable bonds is 26. The largest absolute Gasteiger partial charge is 0.492 e. The summed E-state index contributed by atoms with van der Waals surface area (Å²) in [6.07, 6.45) is -15.5. The van der Waals surface area contributed by atoms with Crippen molar-refractivity contribution in [2.24, 2.45) is 0 Å². The van der Waals surface area contributed by atoms with Gasteiger partial charge in [0.2, 0.25) is 0 Å². The van der Waals surface area contributed by atoms with Crippen LogP contribution in [0.15, 0.2) is 68.2 Å². The maximum atomic E-state index is 12.4. The van der Waals surface area contributed by atoms with Crippen molar-refractivity contribution < 1.29 is 160 Å². The van der Waals surface area contributed by atoms with Crippen molar-refractivity contribution >= 4 is 98.8 Å². The summed E-state index contributed by atoms with van der Waals surface area (Å²) in [5, 5.41) is 50.2. The highest BCUT2D eigenvalue weighted by atomic mass is 35.9. The Kier molecular flexibility index (Phi) is 32.3. The Morgan fingerprint density at radius 2 is 0.738 bits per heavy atom. The first-order valence-corrected chi connectivity index (χ1v) is 42.4. The van der Waals surface area contributed by atoms with Gasteiger partial charge in [-0.15, -0.1) is 0 Å². The summed E-state index contributed by atoms with van der Waals surface area (Å²) in [6, 6.07) is 6.30. The molecule has 0 radical (unpaired) electrons. The Morgan fingerprint density at radius 1 is 0.458 bits per heavy atom. The molecular formula is C48H79Cl2N12O38P7. The molecule has 5 saturated heterocycles. The molecule has 9 rings (SSSR count). The van der Waals surface area contributed by atoms with Crippen LogP contribution in [-0.2, 0) is 105 Å². The van der Waals surface area contributed by atoms with Gasteiger partial charge in [-0.25, -0.2) is 46.6 Å². The maximum Gasteiger partial charge on any atom is 0.492 e. The first-order chi connectivity index (χ1) is 49.4. The van der Waals surface area contributed by atoms with Crippen LogP contribution in [0.25, 0.3) is 0 Å². The van der Waals surface area contributed by atoms with E-state index in [4.69, 9.17) is 89.2 Å². The van der Waals surface area contributed by atoms with Crippen molar-refractivity contribution in [3.63, 3.8) is 0 Å². The van der Waals surface area contributed by atoms with Crippen molar-refractivity contribution in [3.05, 3.63) is 91.0 Å². The number of aliphatic hydroxyl groups excluding tert-OH is 5. The quantitative estimate of drug-likeness (QED) is 0.0324. The molecule has 11 N–H and O–H groups in total. The van der Waals surface area contributed by atoms with Crippen molar-refractivity contribution in [2.75, 3.05) is 131 Å². The third-order valence-electron chi connectivity index (χ3n) is 14.9. The lowest BCUT2D eigenvalue weighted by Gasteiger charge is -2.27. The number of ether oxygens (including phenoxy) is 8. The number of phosphoric ester groups is 1. The van der Waals surface area contributed by atoms with E-state index in [1.54, 1.807) is 88.1 Å². The van der Waals surface area contributed by atoms with Gasteiger partial charge in [0, 0.05) is 110 Å². The van der Waals surface area contributed by atoms with Gasteiger partial charge in [0.25, 0.3) is 0 Å². The fraction of sp³-hybridized carbons (Fsp3) is 0.667. The molecule has 8 unspecified atom stereocenters. The molecule has 0 amide bonds. The van der Waals surface area contributed by atoms with Crippen molar-refractivity contribution in [1.82, 2.24) is 38.2 Å². The number of methoxy groups -OCH3 is 4. The molecule has 9 heterocycles. The van der Waals surface area contributed by atoms with Gasteiger partial charge in [0.1, 0.15) is 96.5 Å². The minimum Gasteiger partial charge on any atom is -0.394 e. The molecule has 0 spiro atoms. The first kappa shape index (κ1) is 91.7. The number of nitrogens with zero attached hydrogens (tertiary/aromatic N) is 12. The molecule has 5 aliphatic rings. The van der Waals surface area contributed by atoms with Crippen LogP contribution in [0.1, 0.15) is 24.9 Å². The van der Waals surface area contributed by atoms with Crippen LogP contribution in [0.2, 0.25) is 0 Å². The van der Waals surface area contributed by atoms with Gasteiger partial charge in [-0.3, -0.25) is 31.9 Å². The second kappa shape index (κ2) is 37.6. The van der Waals surface area contributed by atoms with Crippen molar-refractivity contribution in [1.29, 1.82) is 0 Å². The normalized spacial score (nSPS) is 31.7. The number of phosphoric acid groups is 6. The maximum absolute atomic E-state index is 12.4. The lowest BCUT2D eigenvalue weighted by atomic mass is 10.1. The van der Waals surface area contributed by atoms with Crippen LogP contribution in [0.5, 0.6) is 0 Å². The molecule has 5 aliphatic heterocycles. The summed E-state index contributed by atoms with van der Waals surface area (Å²) in [5.41, 5.74) is -2.53. The Balaban J connectivity index is 0.000000227. The Morgan fingerprint density at radius 3 is 1.00 bits per heavy atom. The lowest BCUT2D eigenvalue weighted by Crippen LogP contribution is -2.37. The zero-order valence-electron chi connectivity index (χ0n) is 57.9. The molecule has 0 saturated carbocycles. The van der Waals surface area contributed by atoms with Crippen LogP contribution in [-0.4, -0.2) is 278 Å². The number of halogens is 2. The number of anilines is 4. The molecule has 59 heteroatoms. The van der Waals surface area contributed by atoms with Crippen LogP contribution in [0, 0.1) is 0 Å². The molecule has 0 aliphatic carbocycles. The summed E-state index contributed by atoms with van der Waals surface area (Å²) in [4.78, 5) is 125. The Labute approximate surface area is 614 Å². The molecular weight excluding hydrogens is 1640 g/mol. The topological polar surface area (TPSA) is 642 Å². The lowest BCUT2D eigenvalue weighted by molar-refractivity contribution is -0.0624. The minimum atomic E-state index is -5.70. The molecule has 608 valence electrons. The van der Waals surface area contributed by atoms with Gasteiger partial charge in [-0.2, -0.15) is 41.5 Å². The van der Waals surface area contributed by atoms with Crippen LogP contribution in [0.3, 0.4) is 0 Å². The molecule has 4 aromatic heterocycles. The average molecular weight is 1720 g/mol. The van der Waals surface area contributed by atoms with Gasteiger partial charge in [0.05, 0.1) is 26.4 Å². The standard InChI is InChI=1S/C12H18Cl2N3O6P.C12H22N3O14P3.C12H20N3O13P3.C12H19N3O5/c1-16(2)8-4-5-17(12(19)15-8)11-10(21-3)9(18)7(23-11)6-22-24(13,14)20;1-14(2)8-4-5-15(12(17)13-8)11-10(25-3)9(16)7(27-11)6-26-31(21,22)29-32(23,24)28-30(18,19)20;1-14(2)8-4-5-15(12(17)13-8)11-10(23-3)9(16)7(25-11)6-24-31(22)27-29(18,19)26-30(20,21)28-31;1-14(2)8-4-5-15(12(18)13-8)11-10(19-3)9(17)7(6-16)20-11/h4-5,7,9-11,18H,6H2,1-3H3;4-5,7,9-11,16H,6H2,1-3H3,(H,21,22)(H,23,24)(H2,18,19,20);4-5,7,9-11,16H,6H2,1-3H3,(H,18,19)(H,20,21);4-5,7,9-11,16-17H,6H2,1-3H3/t4*7-,9?,10+,11-/m1111/s1. The first-order valence-electron chi connectivity index (χ1n) is 30.0. The molecule has 107 heavy (non-hydrogen) atoms. The highest BCUT2D eigenvalue weighted by molar-refractivity contribution is 8.05. The molecule has 5 fully saturated rings. The number of aromatic nitrogens is 8. The second-order valence-electron chi connectivity index (χ2n) is 23.2. The summed E-state index contributed by atoms with van der Waals surface area (Å²) < 4.78 is 161. The van der Waals surface area contributed by atoms with E-state index in [9.17, 15) is 86.2 Å². The third-order valence-corrected chi connectivity index (χ3v) is 25.1. The summed E-state index contributed by atoms with van der Waals surface area (Å²) >= 11 is 10.6. The highest BCUT2D eigenvalue weighted by Gasteiger charge is 2.56. The Bertz CT molecular complexity index is 4260. The number of aliphatic hydroxyl groups is 5. The summed E-state index contributed by atoms with van der Waals surface area (Å²) in [5.74, 6) is 1.73. The van der Waals surface area contributed by atoms with E-state index in [1.165, 1.54) is 74.5 Å². The highest BCUT2D eigenvalue weighted by Crippen LogP contribution is 2.80. The fourth-order valence-corrected chi connectivity index (χ4v) is 18.6. The summed E-state index contributed by atoms with van der Waals surface area (Å²) in [6.45, 7) is -2.39. The van der Waals surface area contributed by atoms with Gasteiger partial charge in [-0.05, 0) is 46.7 Å². The Hall–Kier alpha value is -4.17. The second-order valence-corrected chi connectivity index (χ2v) is 36.9. The van der Waals surface area contributed by atoms with Gasteiger partial charge in [0.15, 0.2) is 24.9 Å². The molecule has 0 aromatic carbocycles. The smallest absolute Gasteiger partial charge is 0.394 e. The third kappa shape index (κ3) is 24.9. The average Bonchev–Trinajstić information content (AvgIpc) is 1.51. The van der Waals surface area contributed by atoms with E-state index in [-0.39, 0.29) is 13.2 Å². The van der Waals surface area contributed by atoms with Crippen LogP contribution >= 0.6 is 75.5 Å². The van der Waals surface area contributed by atoms with Crippen LogP contribution < -0.4 is 42.4 Å². The zero-order valence-corrected chi connectivity index (χ0v) is 65.7. The van der Waals surface area contributed by atoms with E-state index in [0.717, 1.165) is 9.13 Å². The van der Waals surface area contributed by atoms with Gasteiger partial charge in [-0.1, -0.05) is 0 Å². The van der Waals surface area contributed by atoms with Crippen molar-refractivity contribution in [2.45, 2.75) is 98.2 Å². The molecule has 4 aromatic rings. The summed E-state index contributed by atoms with van der Waals surface area (Å²) in [7, 11) is -13.1. The van der Waals surface area contributed by atoms with E-state index >= 15 is 0 Å². The zero-order chi connectivity index (χ0) is 80.6. The van der Waals surface area contributed by atoms with Crippen LogP contribution in [0.4, 0.5) is 23.3 Å². The van der Waals surface area contributed by atoms with E-state index < -0.39 is 187 Å². The number of hydrogen-bond acceptors (Lipinski definition) is 40.